The smallest absolute Gasteiger partial charge is 0.137 e. The maximum atomic E-state index is 10.5. The molecule has 1 heterocycles. The van der Waals surface area contributed by atoms with E-state index in [2.05, 4.69) is 29.2 Å². The van der Waals surface area contributed by atoms with Crippen LogP contribution < -0.4 is 19.3 Å². The third-order valence-corrected chi connectivity index (χ3v) is 5.34. The molecule has 0 bridgehead atoms. The highest BCUT2D eigenvalue weighted by Gasteiger charge is 2.22. The maximum Gasteiger partial charge on any atom is 0.137 e. The van der Waals surface area contributed by atoms with Crippen molar-refractivity contribution in [2.24, 2.45) is 0 Å². The van der Waals surface area contributed by atoms with E-state index in [-0.39, 0.29) is 6.61 Å². The van der Waals surface area contributed by atoms with Gasteiger partial charge in [0.1, 0.15) is 36.5 Å². The van der Waals surface area contributed by atoms with E-state index in [0.717, 1.165) is 37.7 Å². The van der Waals surface area contributed by atoms with Gasteiger partial charge < -0.3 is 24.4 Å². The number of nitrogens with zero attached hydrogens (tertiary/aromatic N) is 1. The minimum atomic E-state index is -0.498. The van der Waals surface area contributed by atoms with Crippen molar-refractivity contribution in [3.05, 3.63) is 84.9 Å². The van der Waals surface area contributed by atoms with Crippen LogP contribution in [0.3, 0.4) is 0 Å². The van der Waals surface area contributed by atoms with Gasteiger partial charge in [-0.2, -0.15) is 0 Å². The molecule has 0 aliphatic carbocycles. The van der Waals surface area contributed by atoms with Crippen molar-refractivity contribution < 1.29 is 19.5 Å². The molecule has 3 aromatic rings. The van der Waals surface area contributed by atoms with Gasteiger partial charge in [-0.1, -0.05) is 42.5 Å². The first-order chi connectivity index (χ1) is 14.8. The molecule has 1 saturated heterocycles. The first kappa shape index (κ1) is 20.3. The lowest BCUT2D eigenvalue weighted by atomic mass is 10.2. The summed E-state index contributed by atoms with van der Waals surface area (Å²) in [5, 5.41) is 10.5. The molecule has 0 saturated carbocycles. The second kappa shape index (κ2) is 10.1. The highest BCUT2D eigenvalue weighted by Crippen LogP contribution is 2.25. The number of benzene rings is 3. The topological polar surface area (TPSA) is 46.4 Å². The zero-order valence-corrected chi connectivity index (χ0v) is 17.1. The molecular weight excluding hydrogens is 376 g/mol. The highest BCUT2D eigenvalue weighted by molar-refractivity contribution is 5.46. The Kier molecular flexibility index (Phi) is 6.85. The number of quaternary nitrogens is 1. The van der Waals surface area contributed by atoms with Gasteiger partial charge in [0.05, 0.1) is 26.2 Å². The Bertz CT molecular complexity index is 897. The predicted octanol–water partition coefficient (Wildman–Crippen LogP) is 2.62. The molecular formula is C25H29N2O3+. The molecule has 5 nitrogen and oxygen atoms in total. The van der Waals surface area contributed by atoms with Crippen LogP contribution in [0, 0.1) is 0 Å². The quantitative estimate of drug-likeness (QED) is 0.605. The van der Waals surface area contributed by atoms with Gasteiger partial charge in [0.15, 0.2) is 0 Å². The molecule has 1 fully saturated rings. The lowest BCUT2D eigenvalue weighted by Gasteiger charge is -2.34. The van der Waals surface area contributed by atoms with E-state index in [0.29, 0.717) is 12.3 Å². The van der Waals surface area contributed by atoms with Crippen molar-refractivity contribution in [3.8, 4) is 17.2 Å². The Morgan fingerprint density at radius 1 is 0.800 bits per heavy atom. The van der Waals surface area contributed by atoms with E-state index in [1.165, 1.54) is 10.6 Å². The zero-order chi connectivity index (χ0) is 20.6. The number of rotatable bonds is 8. The summed E-state index contributed by atoms with van der Waals surface area (Å²) in [6.07, 6.45) is -0.498. The predicted molar refractivity (Wildman–Crippen MR) is 119 cm³/mol. The van der Waals surface area contributed by atoms with E-state index in [1.54, 1.807) is 0 Å². The molecule has 2 N–H and O–H groups in total. The molecule has 1 atom stereocenters. The molecule has 0 spiro atoms. The fourth-order valence-electron chi connectivity index (χ4n) is 3.76. The van der Waals surface area contributed by atoms with Crippen LogP contribution in [0.5, 0.6) is 17.2 Å². The van der Waals surface area contributed by atoms with Crippen molar-refractivity contribution in [1.29, 1.82) is 0 Å². The summed E-state index contributed by atoms with van der Waals surface area (Å²) in [7, 11) is 0. The monoisotopic (exact) mass is 405 g/mol. The van der Waals surface area contributed by atoms with E-state index >= 15 is 0 Å². The molecule has 5 heteroatoms. The molecule has 0 unspecified atom stereocenters. The largest absolute Gasteiger partial charge is 0.491 e. The third kappa shape index (κ3) is 5.75. The molecule has 30 heavy (non-hydrogen) atoms. The Morgan fingerprint density at radius 3 is 2.17 bits per heavy atom. The molecule has 0 amide bonds. The Morgan fingerprint density at radius 2 is 1.43 bits per heavy atom. The van der Waals surface area contributed by atoms with Crippen LogP contribution in [0.4, 0.5) is 5.69 Å². The second-order valence-corrected chi connectivity index (χ2v) is 7.63. The minimum Gasteiger partial charge on any atom is -0.491 e. The van der Waals surface area contributed by atoms with Gasteiger partial charge in [0, 0.05) is 11.8 Å². The molecule has 1 aliphatic heterocycles. The van der Waals surface area contributed by atoms with Crippen LogP contribution in [0.1, 0.15) is 0 Å². The van der Waals surface area contributed by atoms with Gasteiger partial charge in [-0.3, -0.25) is 0 Å². The standard InChI is InChI=1S/C25H28N2O3/c28-22(19-26-14-16-27(17-15-26)21-8-3-1-4-9-21)20-29-24-12-7-13-25(18-24)30-23-10-5-2-6-11-23/h1-13,18,22,28H,14-17,19-20H2/p+1/t22-/m1/s1. The average molecular weight is 406 g/mol. The SMILES string of the molecule is O[C@@H](COc1cccc(Oc2ccccc2)c1)C[NH+]1CCN(c2ccccc2)CC1. The van der Waals surface area contributed by atoms with Gasteiger partial charge in [0.2, 0.25) is 0 Å². The van der Waals surface area contributed by atoms with Gasteiger partial charge >= 0.3 is 0 Å². The van der Waals surface area contributed by atoms with Crippen molar-refractivity contribution >= 4 is 5.69 Å². The Hall–Kier alpha value is -3.02. The molecule has 156 valence electrons. The summed E-state index contributed by atoms with van der Waals surface area (Å²) in [5.74, 6) is 2.20. The molecule has 1 aliphatic rings. The van der Waals surface area contributed by atoms with Gasteiger partial charge in [-0.15, -0.1) is 0 Å². The summed E-state index contributed by atoms with van der Waals surface area (Å²) in [6, 6.07) is 27.7. The number of aliphatic hydroxyl groups is 1. The van der Waals surface area contributed by atoms with Crippen LogP contribution in [0.15, 0.2) is 84.9 Å². The fourth-order valence-corrected chi connectivity index (χ4v) is 3.76. The van der Waals surface area contributed by atoms with Crippen molar-refractivity contribution in [1.82, 2.24) is 0 Å². The summed E-state index contributed by atoms with van der Waals surface area (Å²) in [6.45, 7) is 5.03. The van der Waals surface area contributed by atoms with E-state index < -0.39 is 6.10 Å². The van der Waals surface area contributed by atoms with Gasteiger partial charge in [-0.25, -0.2) is 0 Å². The normalized spacial score (nSPS) is 15.6. The number of aliphatic hydroxyl groups excluding tert-OH is 1. The second-order valence-electron chi connectivity index (χ2n) is 7.63. The number of ether oxygens (including phenoxy) is 2. The van der Waals surface area contributed by atoms with Crippen LogP contribution in [-0.2, 0) is 0 Å². The molecule has 0 radical (unpaired) electrons. The number of piperazine rings is 1. The number of hydrogen-bond acceptors (Lipinski definition) is 4. The van der Waals surface area contributed by atoms with Crippen LogP contribution >= 0.6 is 0 Å². The lowest BCUT2D eigenvalue weighted by molar-refractivity contribution is -0.903. The van der Waals surface area contributed by atoms with Crippen LogP contribution in [0.2, 0.25) is 0 Å². The molecule has 0 aromatic heterocycles. The van der Waals surface area contributed by atoms with E-state index in [1.807, 2.05) is 60.7 Å². The van der Waals surface area contributed by atoms with E-state index in [9.17, 15) is 5.11 Å². The summed E-state index contributed by atoms with van der Waals surface area (Å²) < 4.78 is 11.7. The number of para-hydroxylation sites is 2. The molecule has 3 aromatic carbocycles. The maximum absolute atomic E-state index is 10.5. The number of hydrogen-bond donors (Lipinski definition) is 2. The Labute approximate surface area is 178 Å². The first-order valence-corrected chi connectivity index (χ1v) is 10.5. The van der Waals surface area contributed by atoms with Crippen LogP contribution in [0.25, 0.3) is 0 Å². The summed E-state index contributed by atoms with van der Waals surface area (Å²) in [5.41, 5.74) is 1.28. The first-order valence-electron chi connectivity index (χ1n) is 10.5. The fraction of sp³-hybridized carbons (Fsp3) is 0.280. The minimum absolute atomic E-state index is 0.278. The Balaban J connectivity index is 1.22. The van der Waals surface area contributed by atoms with Crippen molar-refractivity contribution in [3.63, 3.8) is 0 Å². The van der Waals surface area contributed by atoms with Crippen molar-refractivity contribution in [2.75, 3.05) is 44.2 Å². The number of nitrogens with one attached hydrogen (secondary N) is 1. The van der Waals surface area contributed by atoms with Gasteiger partial charge in [-0.05, 0) is 36.4 Å². The lowest BCUT2D eigenvalue weighted by Crippen LogP contribution is -3.16. The van der Waals surface area contributed by atoms with E-state index in [4.69, 9.17) is 9.47 Å². The average Bonchev–Trinajstić information content (AvgIpc) is 2.80. The summed E-state index contributed by atoms with van der Waals surface area (Å²) >= 11 is 0. The zero-order valence-electron chi connectivity index (χ0n) is 17.1. The number of anilines is 1. The third-order valence-electron chi connectivity index (χ3n) is 5.34. The molecule has 4 rings (SSSR count). The van der Waals surface area contributed by atoms with Crippen LogP contribution in [-0.4, -0.2) is 50.5 Å². The summed E-state index contributed by atoms with van der Waals surface area (Å²) in [4.78, 5) is 3.82. The van der Waals surface area contributed by atoms with Gasteiger partial charge in [0.25, 0.3) is 0 Å². The highest BCUT2D eigenvalue weighted by atomic mass is 16.5. The van der Waals surface area contributed by atoms with Crippen molar-refractivity contribution in [2.45, 2.75) is 6.10 Å².